The molecule has 0 bridgehead atoms. The second-order valence-corrected chi connectivity index (χ2v) is 5.05. The highest BCUT2D eigenvalue weighted by Crippen LogP contribution is 2.34. The number of amides is 1. The molecule has 0 unspecified atom stereocenters. The molecule has 1 aliphatic rings. The monoisotopic (exact) mass is 273 g/mol. The second-order valence-electron chi connectivity index (χ2n) is 5.05. The molecule has 1 aromatic carbocycles. The topological polar surface area (TPSA) is 38.1 Å². The van der Waals surface area contributed by atoms with Crippen LogP contribution >= 0.6 is 0 Å². The average molecular weight is 273 g/mol. The smallest absolute Gasteiger partial charge is 0.274 e. The molecule has 4 nitrogen and oxygen atoms in total. The number of carbonyl (C=O) groups excluding carboxylic acids is 1. The van der Waals surface area contributed by atoms with Gasteiger partial charge in [0.05, 0.1) is 6.04 Å². The third-order valence-electron chi connectivity index (χ3n) is 3.71. The van der Waals surface area contributed by atoms with Gasteiger partial charge in [0, 0.05) is 25.4 Å². The second kappa shape index (κ2) is 5.07. The van der Waals surface area contributed by atoms with Crippen LogP contribution in [0.1, 0.15) is 34.9 Å². The van der Waals surface area contributed by atoms with Crippen molar-refractivity contribution in [3.05, 3.63) is 53.6 Å². The van der Waals surface area contributed by atoms with Gasteiger partial charge in [0.1, 0.15) is 11.5 Å². The van der Waals surface area contributed by atoms with Crippen LogP contribution in [0.2, 0.25) is 0 Å². The Morgan fingerprint density at radius 3 is 2.85 bits per heavy atom. The molecule has 1 aromatic heterocycles. The zero-order chi connectivity index (χ0) is 14.1. The lowest BCUT2D eigenvalue weighted by Crippen LogP contribution is -2.31. The molecule has 0 aliphatic carbocycles. The van der Waals surface area contributed by atoms with Crippen LogP contribution in [0, 0.1) is 5.82 Å². The van der Waals surface area contributed by atoms with Gasteiger partial charge >= 0.3 is 0 Å². The van der Waals surface area contributed by atoms with Gasteiger partial charge in [-0.05, 0) is 25.0 Å². The number of hydrogen-bond acceptors (Lipinski definition) is 2. The van der Waals surface area contributed by atoms with E-state index in [0.717, 1.165) is 12.8 Å². The van der Waals surface area contributed by atoms with Gasteiger partial charge in [0.15, 0.2) is 0 Å². The van der Waals surface area contributed by atoms with E-state index in [1.165, 1.54) is 6.07 Å². The molecule has 1 fully saturated rings. The Kier molecular flexibility index (Phi) is 3.26. The molecule has 0 N–H and O–H groups in total. The third-order valence-corrected chi connectivity index (χ3v) is 3.71. The minimum Gasteiger partial charge on any atom is -0.330 e. The van der Waals surface area contributed by atoms with Crippen LogP contribution in [0.5, 0.6) is 0 Å². The number of nitrogens with zero attached hydrogens (tertiary/aromatic N) is 3. The van der Waals surface area contributed by atoms with Gasteiger partial charge in [0.2, 0.25) is 0 Å². The summed E-state index contributed by atoms with van der Waals surface area (Å²) in [5.74, 6) is -0.380. The molecule has 0 radical (unpaired) electrons. The molecule has 104 valence electrons. The van der Waals surface area contributed by atoms with Crippen LogP contribution in [0.15, 0.2) is 36.5 Å². The summed E-state index contributed by atoms with van der Waals surface area (Å²) in [6.07, 6.45) is 3.42. The Morgan fingerprint density at radius 1 is 1.35 bits per heavy atom. The minimum atomic E-state index is -0.252. The first-order valence-electron chi connectivity index (χ1n) is 6.72. The van der Waals surface area contributed by atoms with Crippen molar-refractivity contribution >= 4 is 5.91 Å². The van der Waals surface area contributed by atoms with Crippen molar-refractivity contribution in [1.82, 2.24) is 14.7 Å². The van der Waals surface area contributed by atoms with Gasteiger partial charge in [0.25, 0.3) is 5.91 Å². The van der Waals surface area contributed by atoms with Crippen molar-refractivity contribution in [3.8, 4) is 0 Å². The Hall–Kier alpha value is -2.17. The van der Waals surface area contributed by atoms with Gasteiger partial charge < -0.3 is 4.90 Å². The molecule has 2 aromatic rings. The van der Waals surface area contributed by atoms with E-state index in [2.05, 4.69) is 5.10 Å². The number of aromatic nitrogens is 2. The van der Waals surface area contributed by atoms with E-state index in [1.54, 1.807) is 47.1 Å². The molecular formula is C15H16FN3O. The lowest BCUT2D eigenvalue weighted by atomic mass is 10.0. The highest BCUT2D eigenvalue weighted by atomic mass is 19.1. The first kappa shape index (κ1) is 12.8. The van der Waals surface area contributed by atoms with Gasteiger partial charge in [-0.2, -0.15) is 5.10 Å². The Balaban J connectivity index is 1.90. The Morgan fingerprint density at radius 2 is 2.15 bits per heavy atom. The standard InChI is InChI=1S/C15H16FN3O/c1-18-10-8-13(17-18)15(20)19-9-4-7-14(19)11-5-2-3-6-12(11)16/h2-3,5-6,8,10,14H,4,7,9H2,1H3/t14-/m1/s1. The van der Waals surface area contributed by atoms with Gasteiger partial charge in [-0.25, -0.2) is 4.39 Å². The summed E-state index contributed by atoms with van der Waals surface area (Å²) in [6.45, 7) is 0.647. The highest BCUT2D eigenvalue weighted by Gasteiger charge is 2.32. The first-order valence-corrected chi connectivity index (χ1v) is 6.72. The molecular weight excluding hydrogens is 257 g/mol. The fourth-order valence-electron chi connectivity index (χ4n) is 2.75. The fourth-order valence-corrected chi connectivity index (χ4v) is 2.75. The summed E-state index contributed by atoms with van der Waals surface area (Å²) < 4.78 is 15.5. The van der Waals surface area contributed by atoms with Crippen LogP contribution in [-0.2, 0) is 7.05 Å². The van der Waals surface area contributed by atoms with Gasteiger partial charge in [-0.1, -0.05) is 18.2 Å². The molecule has 1 amide bonds. The molecule has 0 spiro atoms. The van der Waals surface area contributed by atoms with Gasteiger partial charge in [-0.3, -0.25) is 9.48 Å². The Bertz CT molecular complexity index is 638. The summed E-state index contributed by atoms with van der Waals surface area (Å²) in [4.78, 5) is 14.2. The summed E-state index contributed by atoms with van der Waals surface area (Å²) >= 11 is 0. The maximum Gasteiger partial charge on any atom is 0.274 e. The van der Waals surface area contributed by atoms with Crippen LogP contribution in [0.25, 0.3) is 0 Å². The predicted octanol–water partition coefficient (Wildman–Crippen LogP) is 2.54. The van der Waals surface area contributed by atoms with Crippen molar-refractivity contribution in [1.29, 1.82) is 0 Å². The van der Waals surface area contributed by atoms with E-state index < -0.39 is 0 Å². The van der Waals surface area contributed by atoms with Crippen molar-refractivity contribution in [2.24, 2.45) is 7.05 Å². The van der Waals surface area contributed by atoms with Crippen molar-refractivity contribution in [2.45, 2.75) is 18.9 Å². The number of aryl methyl sites for hydroxylation is 1. The van der Waals surface area contributed by atoms with Gasteiger partial charge in [-0.15, -0.1) is 0 Å². The van der Waals surface area contributed by atoms with E-state index in [0.29, 0.717) is 17.8 Å². The molecule has 2 heterocycles. The maximum absolute atomic E-state index is 13.9. The van der Waals surface area contributed by atoms with Crippen molar-refractivity contribution in [2.75, 3.05) is 6.54 Å². The SMILES string of the molecule is Cn1ccc(C(=O)N2CCC[C@@H]2c2ccccc2F)n1. The summed E-state index contributed by atoms with van der Waals surface area (Å²) in [5.41, 5.74) is 1.00. The third kappa shape index (κ3) is 2.19. The maximum atomic E-state index is 13.9. The van der Waals surface area contributed by atoms with E-state index in [1.807, 2.05) is 0 Å². The number of halogens is 1. The number of rotatable bonds is 2. The number of hydrogen-bond donors (Lipinski definition) is 0. The minimum absolute atomic E-state index is 0.128. The van der Waals surface area contributed by atoms with Crippen molar-refractivity contribution < 1.29 is 9.18 Å². The number of carbonyl (C=O) groups is 1. The summed E-state index contributed by atoms with van der Waals surface area (Å²) in [6, 6.07) is 8.17. The van der Waals surface area contributed by atoms with E-state index in [4.69, 9.17) is 0 Å². The largest absolute Gasteiger partial charge is 0.330 e. The van der Waals surface area contributed by atoms with Crippen LogP contribution < -0.4 is 0 Å². The lowest BCUT2D eigenvalue weighted by Gasteiger charge is -2.24. The Labute approximate surface area is 116 Å². The molecule has 0 saturated carbocycles. The zero-order valence-corrected chi connectivity index (χ0v) is 11.3. The summed E-state index contributed by atoms with van der Waals surface area (Å²) in [7, 11) is 1.77. The van der Waals surface area contributed by atoms with Crippen LogP contribution in [0.3, 0.4) is 0 Å². The van der Waals surface area contributed by atoms with Crippen LogP contribution in [0.4, 0.5) is 4.39 Å². The molecule has 3 rings (SSSR count). The van der Waals surface area contributed by atoms with Crippen molar-refractivity contribution in [3.63, 3.8) is 0 Å². The molecule has 1 aliphatic heterocycles. The zero-order valence-electron chi connectivity index (χ0n) is 11.3. The number of benzene rings is 1. The first-order chi connectivity index (χ1) is 9.66. The van der Waals surface area contributed by atoms with E-state index in [-0.39, 0.29) is 17.8 Å². The molecule has 1 atom stereocenters. The average Bonchev–Trinajstić information content (AvgIpc) is 3.07. The molecule has 5 heteroatoms. The predicted molar refractivity (Wildman–Crippen MR) is 72.6 cm³/mol. The van der Waals surface area contributed by atoms with E-state index >= 15 is 0 Å². The fraction of sp³-hybridized carbons (Fsp3) is 0.333. The molecule has 1 saturated heterocycles. The summed E-state index contributed by atoms with van der Waals surface area (Å²) in [5, 5.41) is 4.14. The normalized spacial score (nSPS) is 18.5. The quantitative estimate of drug-likeness (QED) is 0.843. The van der Waals surface area contributed by atoms with Crippen LogP contribution in [-0.4, -0.2) is 27.1 Å². The van der Waals surface area contributed by atoms with E-state index in [9.17, 15) is 9.18 Å². The number of likely N-dealkylation sites (tertiary alicyclic amines) is 1. The molecule has 20 heavy (non-hydrogen) atoms. The lowest BCUT2D eigenvalue weighted by molar-refractivity contribution is 0.0727. The highest BCUT2D eigenvalue weighted by molar-refractivity contribution is 5.92.